The summed E-state index contributed by atoms with van der Waals surface area (Å²) < 4.78 is 12.0. The molecule has 0 aromatic heterocycles. The van der Waals surface area contributed by atoms with Crippen molar-refractivity contribution in [2.24, 2.45) is 11.3 Å². The Hall–Kier alpha value is -0.535. The predicted octanol–water partition coefficient (Wildman–Crippen LogP) is 3.07. The molecule has 1 heterocycles. The summed E-state index contributed by atoms with van der Waals surface area (Å²) in [5.41, 5.74) is 0.108. The van der Waals surface area contributed by atoms with Gasteiger partial charge in [-0.1, -0.05) is 52.0 Å². The molecule has 1 atom stereocenters. The van der Waals surface area contributed by atoms with Gasteiger partial charge in [-0.05, 0) is 5.92 Å². The van der Waals surface area contributed by atoms with Crippen LogP contribution in [0.4, 0.5) is 0 Å². The molecule has 3 heteroatoms. The van der Waals surface area contributed by atoms with Gasteiger partial charge in [0.2, 0.25) is 0 Å². The Morgan fingerprint density at radius 1 is 1.25 bits per heavy atom. The number of allylic oxidation sites excluding steroid dienone is 4. The van der Waals surface area contributed by atoms with Crippen LogP contribution in [0.3, 0.4) is 0 Å². The summed E-state index contributed by atoms with van der Waals surface area (Å²) in [7, 11) is -0.101. The van der Waals surface area contributed by atoms with Gasteiger partial charge in [-0.2, -0.15) is 0 Å². The van der Waals surface area contributed by atoms with E-state index >= 15 is 0 Å². The molecule has 1 aliphatic carbocycles. The lowest BCUT2D eigenvalue weighted by molar-refractivity contribution is -0.0613. The highest BCUT2D eigenvalue weighted by atomic mass is 16.6. The van der Waals surface area contributed by atoms with Gasteiger partial charge in [0, 0.05) is 17.8 Å². The Balaban J connectivity index is 2.06. The monoisotopic (exact) mass is 220 g/mol. The zero-order valence-corrected chi connectivity index (χ0v) is 10.6. The topological polar surface area (TPSA) is 18.5 Å². The maximum absolute atomic E-state index is 6.12. The molecule has 0 aromatic rings. The van der Waals surface area contributed by atoms with Crippen molar-refractivity contribution in [1.29, 1.82) is 0 Å². The van der Waals surface area contributed by atoms with Gasteiger partial charge in [-0.15, -0.1) is 0 Å². The molecule has 1 saturated heterocycles. The van der Waals surface area contributed by atoms with Gasteiger partial charge in [0.25, 0.3) is 0 Å². The first-order chi connectivity index (χ1) is 7.50. The minimum atomic E-state index is -0.101. The summed E-state index contributed by atoms with van der Waals surface area (Å²) in [6, 6.07) is 0. The molecule has 0 spiro atoms. The maximum Gasteiger partial charge on any atom is 0.468 e. The van der Waals surface area contributed by atoms with Crippen LogP contribution >= 0.6 is 0 Å². The third-order valence-electron chi connectivity index (χ3n) is 3.37. The molecule has 0 N–H and O–H groups in total. The van der Waals surface area contributed by atoms with Gasteiger partial charge in [0.1, 0.15) is 0 Å². The largest absolute Gasteiger partial charge is 0.468 e. The highest BCUT2D eigenvalue weighted by molar-refractivity contribution is 6.48. The van der Waals surface area contributed by atoms with Gasteiger partial charge in [-0.3, -0.25) is 0 Å². The smallest absolute Gasteiger partial charge is 0.410 e. The van der Waals surface area contributed by atoms with Crippen LogP contribution < -0.4 is 0 Å². The second-order valence-electron chi connectivity index (χ2n) is 5.82. The van der Waals surface area contributed by atoms with E-state index in [-0.39, 0.29) is 24.5 Å². The van der Waals surface area contributed by atoms with Crippen LogP contribution in [0.2, 0.25) is 5.82 Å². The molecule has 2 aliphatic rings. The summed E-state index contributed by atoms with van der Waals surface area (Å²) in [5, 5.41) is 0. The molecule has 0 aromatic carbocycles. The van der Waals surface area contributed by atoms with Crippen molar-refractivity contribution >= 4 is 7.12 Å². The van der Waals surface area contributed by atoms with Crippen molar-refractivity contribution in [3.63, 3.8) is 0 Å². The molecule has 0 saturated carbocycles. The molecule has 16 heavy (non-hydrogen) atoms. The predicted molar refractivity (Wildman–Crippen MR) is 67.2 cm³/mol. The van der Waals surface area contributed by atoms with Crippen LogP contribution in [0.1, 0.15) is 27.7 Å². The third-order valence-corrected chi connectivity index (χ3v) is 3.37. The minimum absolute atomic E-state index is 0.101. The standard InChI is InChI=1S/C13H21BO2/c1-10(2)12-13(3,4)9-15-14(16-12)11-7-5-6-8-11/h5-8,10-12H,9H2,1-4H3. The van der Waals surface area contributed by atoms with Gasteiger partial charge in [0.05, 0.1) is 6.10 Å². The summed E-state index contributed by atoms with van der Waals surface area (Å²) in [6.07, 6.45) is 8.66. The van der Waals surface area contributed by atoms with Crippen molar-refractivity contribution in [2.75, 3.05) is 6.61 Å². The van der Waals surface area contributed by atoms with Crippen molar-refractivity contribution < 1.29 is 9.31 Å². The first-order valence-corrected chi connectivity index (χ1v) is 6.13. The molecule has 0 bridgehead atoms. The summed E-state index contributed by atoms with van der Waals surface area (Å²) in [6.45, 7) is 9.64. The van der Waals surface area contributed by atoms with Gasteiger partial charge < -0.3 is 9.31 Å². The van der Waals surface area contributed by atoms with Gasteiger partial charge in [0.15, 0.2) is 0 Å². The van der Waals surface area contributed by atoms with E-state index in [2.05, 4.69) is 52.0 Å². The Labute approximate surface area is 98.8 Å². The molecular formula is C13H21BO2. The number of hydrogen-bond acceptors (Lipinski definition) is 2. The van der Waals surface area contributed by atoms with E-state index in [0.29, 0.717) is 5.92 Å². The Kier molecular flexibility index (Phi) is 3.27. The van der Waals surface area contributed by atoms with Crippen LogP contribution in [0.25, 0.3) is 0 Å². The fourth-order valence-corrected chi connectivity index (χ4v) is 2.64. The first kappa shape index (κ1) is 11.9. The van der Waals surface area contributed by atoms with Crippen molar-refractivity contribution in [1.82, 2.24) is 0 Å². The van der Waals surface area contributed by atoms with Crippen LogP contribution in [0, 0.1) is 11.3 Å². The van der Waals surface area contributed by atoms with Crippen LogP contribution in [-0.2, 0) is 9.31 Å². The molecule has 1 fully saturated rings. The highest BCUT2D eigenvalue weighted by Crippen LogP contribution is 2.37. The average Bonchev–Trinajstić information content (AvgIpc) is 2.69. The summed E-state index contributed by atoms with van der Waals surface area (Å²) >= 11 is 0. The minimum Gasteiger partial charge on any atom is -0.410 e. The lowest BCUT2D eigenvalue weighted by atomic mass is 9.68. The Morgan fingerprint density at radius 2 is 1.88 bits per heavy atom. The number of rotatable bonds is 2. The third kappa shape index (κ3) is 2.25. The lowest BCUT2D eigenvalue weighted by Crippen LogP contribution is -2.51. The molecule has 88 valence electrons. The molecule has 0 radical (unpaired) electrons. The maximum atomic E-state index is 6.12. The molecule has 1 aliphatic heterocycles. The van der Waals surface area contributed by atoms with E-state index < -0.39 is 0 Å². The Morgan fingerprint density at radius 3 is 2.44 bits per heavy atom. The first-order valence-electron chi connectivity index (χ1n) is 6.13. The lowest BCUT2D eigenvalue weighted by Gasteiger charge is -2.44. The second-order valence-corrected chi connectivity index (χ2v) is 5.82. The second kappa shape index (κ2) is 4.38. The van der Waals surface area contributed by atoms with Crippen molar-refractivity contribution in [3.8, 4) is 0 Å². The molecule has 2 rings (SSSR count). The van der Waals surface area contributed by atoms with Crippen molar-refractivity contribution in [2.45, 2.75) is 39.6 Å². The molecule has 2 nitrogen and oxygen atoms in total. The number of hydrogen-bond donors (Lipinski definition) is 0. The van der Waals surface area contributed by atoms with Crippen molar-refractivity contribution in [3.05, 3.63) is 24.3 Å². The van der Waals surface area contributed by atoms with E-state index in [1.54, 1.807) is 0 Å². The van der Waals surface area contributed by atoms with Crippen LogP contribution in [0.15, 0.2) is 24.3 Å². The summed E-state index contributed by atoms with van der Waals surface area (Å²) in [4.78, 5) is 0. The van der Waals surface area contributed by atoms with Crippen LogP contribution in [-0.4, -0.2) is 19.8 Å². The highest BCUT2D eigenvalue weighted by Gasteiger charge is 2.44. The quantitative estimate of drug-likeness (QED) is 0.666. The zero-order chi connectivity index (χ0) is 11.8. The molecule has 0 amide bonds. The zero-order valence-electron chi connectivity index (χ0n) is 10.6. The average molecular weight is 220 g/mol. The van der Waals surface area contributed by atoms with Gasteiger partial charge >= 0.3 is 7.12 Å². The normalized spacial score (nSPS) is 29.3. The fourth-order valence-electron chi connectivity index (χ4n) is 2.64. The van der Waals surface area contributed by atoms with Crippen LogP contribution in [0.5, 0.6) is 0 Å². The fraction of sp³-hybridized carbons (Fsp3) is 0.692. The SMILES string of the molecule is CC(C)C1OB(C2C=CC=C2)OCC1(C)C. The van der Waals surface area contributed by atoms with E-state index in [1.807, 2.05) is 0 Å². The summed E-state index contributed by atoms with van der Waals surface area (Å²) in [5.74, 6) is 0.813. The van der Waals surface area contributed by atoms with E-state index in [1.165, 1.54) is 0 Å². The van der Waals surface area contributed by atoms with E-state index in [9.17, 15) is 0 Å². The Bertz CT molecular complexity index is 295. The molecule has 1 unspecified atom stereocenters. The molecular weight excluding hydrogens is 199 g/mol. The van der Waals surface area contributed by atoms with E-state index in [4.69, 9.17) is 9.31 Å². The van der Waals surface area contributed by atoms with Gasteiger partial charge in [-0.25, -0.2) is 0 Å². The van der Waals surface area contributed by atoms with E-state index in [0.717, 1.165) is 6.61 Å².